The van der Waals surface area contributed by atoms with Crippen LogP contribution in [0, 0.1) is 25.7 Å². The fourth-order valence-corrected chi connectivity index (χ4v) is 5.85. The lowest BCUT2D eigenvalue weighted by atomic mass is 9.78. The molecule has 8 heteroatoms. The summed E-state index contributed by atoms with van der Waals surface area (Å²) in [5.74, 6) is -0.442. The van der Waals surface area contributed by atoms with Crippen molar-refractivity contribution in [3.05, 3.63) is 70.3 Å². The standard InChI is InChI=1S/C29H36F3N3O2/c1-19-14-21(16-23(15-19)29(30,31)32)17-34(3)28(37)25-10-13-35(27(36)22-8-11-33-12-9-22)18-26(25)24-7-5-4-6-20(24)2/h4-7,14-16,22,25-26,33H,8-13,17-18H2,1-3H3/t25-,26+/m0/s1. The van der Waals surface area contributed by atoms with Crippen LogP contribution in [0.15, 0.2) is 42.5 Å². The first-order valence-corrected chi connectivity index (χ1v) is 13.0. The first kappa shape index (κ1) is 27.2. The normalized spacial score (nSPS) is 21.1. The number of rotatable bonds is 5. The number of benzene rings is 2. The van der Waals surface area contributed by atoms with Gasteiger partial charge in [-0.15, -0.1) is 0 Å². The number of hydrogen-bond donors (Lipinski definition) is 1. The summed E-state index contributed by atoms with van der Waals surface area (Å²) in [6.07, 6.45) is -2.26. The van der Waals surface area contributed by atoms with Crippen molar-refractivity contribution in [2.24, 2.45) is 11.8 Å². The van der Waals surface area contributed by atoms with Crippen molar-refractivity contribution in [2.45, 2.75) is 51.7 Å². The molecule has 5 nitrogen and oxygen atoms in total. The van der Waals surface area contributed by atoms with E-state index in [1.807, 2.05) is 36.1 Å². The maximum atomic E-state index is 13.7. The van der Waals surface area contributed by atoms with E-state index in [4.69, 9.17) is 0 Å². The van der Waals surface area contributed by atoms with E-state index in [0.29, 0.717) is 30.6 Å². The van der Waals surface area contributed by atoms with Crippen LogP contribution in [0.4, 0.5) is 13.2 Å². The predicted molar refractivity (Wildman–Crippen MR) is 137 cm³/mol. The van der Waals surface area contributed by atoms with Gasteiger partial charge >= 0.3 is 6.18 Å². The average molecular weight is 516 g/mol. The summed E-state index contributed by atoms with van der Waals surface area (Å²) in [4.78, 5) is 30.5. The first-order chi connectivity index (χ1) is 17.5. The van der Waals surface area contributed by atoms with E-state index in [-0.39, 0.29) is 36.1 Å². The maximum Gasteiger partial charge on any atom is 0.416 e. The Bertz CT molecular complexity index is 1130. The molecule has 1 N–H and O–H groups in total. The lowest BCUT2D eigenvalue weighted by Gasteiger charge is -2.41. The van der Waals surface area contributed by atoms with Crippen molar-refractivity contribution >= 4 is 11.8 Å². The zero-order valence-corrected chi connectivity index (χ0v) is 21.8. The van der Waals surface area contributed by atoms with Crippen molar-refractivity contribution in [2.75, 3.05) is 33.2 Å². The highest BCUT2D eigenvalue weighted by Crippen LogP contribution is 2.37. The Hall–Kier alpha value is -2.87. The molecule has 0 unspecified atom stereocenters. The molecule has 200 valence electrons. The maximum absolute atomic E-state index is 13.7. The summed E-state index contributed by atoms with van der Waals surface area (Å²) < 4.78 is 40.0. The third-order valence-electron chi connectivity index (χ3n) is 7.78. The quantitative estimate of drug-likeness (QED) is 0.616. The highest BCUT2D eigenvalue weighted by molar-refractivity contribution is 5.82. The Balaban J connectivity index is 1.55. The Morgan fingerprint density at radius 1 is 1.05 bits per heavy atom. The van der Waals surface area contributed by atoms with Crippen molar-refractivity contribution < 1.29 is 22.8 Å². The van der Waals surface area contributed by atoms with Crippen LogP contribution in [0.2, 0.25) is 0 Å². The minimum atomic E-state index is -4.44. The summed E-state index contributed by atoms with van der Waals surface area (Å²) >= 11 is 0. The number of piperidine rings is 2. The zero-order valence-electron chi connectivity index (χ0n) is 21.8. The van der Waals surface area contributed by atoms with Crippen LogP contribution < -0.4 is 5.32 Å². The van der Waals surface area contributed by atoms with E-state index >= 15 is 0 Å². The fraction of sp³-hybridized carbons (Fsp3) is 0.517. The second-order valence-corrected chi connectivity index (χ2v) is 10.6. The Kier molecular flexibility index (Phi) is 8.26. The van der Waals surface area contributed by atoms with Crippen LogP contribution in [-0.4, -0.2) is 54.8 Å². The predicted octanol–water partition coefficient (Wildman–Crippen LogP) is 4.91. The van der Waals surface area contributed by atoms with Gasteiger partial charge in [0.05, 0.1) is 5.56 Å². The smallest absolute Gasteiger partial charge is 0.342 e. The zero-order chi connectivity index (χ0) is 26.7. The molecule has 0 saturated carbocycles. The van der Waals surface area contributed by atoms with Gasteiger partial charge in [-0.2, -0.15) is 13.2 Å². The third kappa shape index (κ3) is 6.35. The Labute approximate surface area is 217 Å². The molecular formula is C29H36F3N3O2. The number of nitrogens with one attached hydrogen (secondary N) is 1. The molecule has 2 amide bonds. The molecule has 2 heterocycles. The van der Waals surface area contributed by atoms with Gasteiger partial charge < -0.3 is 15.1 Å². The molecule has 2 aliphatic rings. The van der Waals surface area contributed by atoms with E-state index in [1.54, 1.807) is 20.0 Å². The molecular weight excluding hydrogens is 479 g/mol. The Morgan fingerprint density at radius 2 is 1.76 bits per heavy atom. The van der Waals surface area contributed by atoms with Crippen LogP contribution in [0.25, 0.3) is 0 Å². The molecule has 2 fully saturated rings. The van der Waals surface area contributed by atoms with Gasteiger partial charge in [0.25, 0.3) is 0 Å². The van der Waals surface area contributed by atoms with E-state index < -0.39 is 11.7 Å². The first-order valence-electron chi connectivity index (χ1n) is 13.0. The molecule has 0 aliphatic carbocycles. The lowest BCUT2D eigenvalue weighted by molar-refractivity contribution is -0.143. The highest BCUT2D eigenvalue weighted by atomic mass is 19.4. The van der Waals surface area contributed by atoms with Crippen molar-refractivity contribution in [3.63, 3.8) is 0 Å². The van der Waals surface area contributed by atoms with Gasteiger partial charge in [-0.1, -0.05) is 35.9 Å². The number of likely N-dealkylation sites (tertiary alicyclic amines) is 1. The number of nitrogens with zero attached hydrogens (tertiary/aromatic N) is 2. The molecule has 0 aromatic heterocycles. The van der Waals surface area contributed by atoms with Crippen LogP contribution in [0.1, 0.15) is 53.0 Å². The number of carbonyl (C=O) groups excluding carboxylic acids is 2. The van der Waals surface area contributed by atoms with Gasteiger partial charge in [0.1, 0.15) is 0 Å². The van der Waals surface area contributed by atoms with Crippen molar-refractivity contribution in [1.82, 2.24) is 15.1 Å². The molecule has 2 aromatic rings. The molecule has 2 aliphatic heterocycles. The van der Waals surface area contributed by atoms with E-state index in [9.17, 15) is 22.8 Å². The molecule has 2 aromatic carbocycles. The summed E-state index contributed by atoms with van der Waals surface area (Å²) in [6.45, 7) is 6.40. The van der Waals surface area contributed by atoms with Crippen LogP contribution in [0.5, 0.6) is 0 Å². The molecule has 0 radical (unpaired) electrons. The number of aryl methyl sites for hydroxylation is 2. The average Bonchev–Trinajstić information content (AvgIpc) is 2.87. The number of carbonyl (C=O) groups is 2. The molecule has 0 spiro atoms. The molecule has 2 atom stereocenters. The minimum absolute atomic E-state index is 0.0119. The largest absolute Gasteiger partial charge is 0.416 e. The molecule has 37 heavy (non-hydrogen) atoms. The van der Waals surface area contributed by atoms with Crippen LogP contribution in [0.3, 0.4) is 0 Å². The second kappa shape index (κ2) is 11.3. The molecule has 0 bridgehead atoms. The number of hydrogen-bond acceptors (Lipinski definition) is 3. The summed E-state index contributed by atoms with van der Waals surface area (Å²) in [5, 5.41) is 3.30. The summed E-state index contributed by atoms with van der Waals surface area (Å²) in [7, 11) is 1.65. The van der Waals surface area contributed by atoms with Gasteiger partial charge in [-0.25, -0.2) is 0 Å². The van der Waals surface area contributed by atoms with Gasteiger partial charge in [-0.3, -0.25) is 9.59 Å². The number of alkyl halides is 3. The lowest BCUT2D eigenvalue weighted by Crippen LogP contribution is -2.50. The van der Waals surface area contributed by atoms with Crippen molar-refractivity contribution in [1.29, 1.82) is 0 Å². The summed E-state index contributed by atoms with van der Waals surface area (Å²) in [5.41, 5.74) is 2.37. The molecule has 4 rings (SSSR count). The fourth-order valence-electron chi connectivity index (χ4n) is 5.85. The third-order valence-corrected chi connectivity index (χ3v) is 7.78. The monoisotopic (exact) mass is 515 g/mol. The minimum Gasteiger partial charge on any atom is -0.342 e. The van der Waals surface area contributed by atoms with E-state index in [1.165, 1.54) is 4.90 Å². The molecule has 2 saturated heterocycles. The van der Waals surface area contributed by atoms with Gasteiger partial charge in [0.15, 0.2) is 0 Å². The Morgan fingerprint density at radius 3 is 2.43 bits per heavy atom. The van der Waals surface area contributed by atoms with E-state index in [0.717, 1.165) is 49.2 Å². The van der Waals surface area contributed by atoms with Crippen LogP contribution in [-0.2, 0) is 22.3 Å². The summed E-state index contributed by atoms with van der Waals surface area (Å²) in [6, 6.07) is 11.9. The number of amides is 2. The SMILES string of the molecule is Cc1cc(CN(C)C(=O)[C@H]2CCN(C(=O)C3CCNCC3)C[C@@H]2c2ccccc2C)cc(C(F)(F)F)c1. The van der Waals surface area contributed by atoms with Gasteiger partial charge in [0, 0.05) is 44.4 Å². The van der Waals surface area contributed by atoms with Gasteiger partial charge in [-0.05, 0) is 75.0 Å². The van der Waals surface area contributed by atoms with Crippen molar-refractivity contribution in [3.8, 4) is 0 Å². The van der Waals surface area contributed by atoms with E-state index in [2.05, 4.69) is 5.32 Å². The van der Waals surface area contributed by atoms with Crippen LogP contribution >= 0.6 is 0 Å². The second-order valence-electron chi connectivity index (χ2n) is 10.6. The number of halogens is 3. The van der Waals surface area contributed by atoms with Gasteiger partial charge in [0.2, 0.25) is 11.8 Å². The highest BCUT2D eigenvalue weighted by Gasteiger charge is 2.40. The topological polar surface area (TPSA) is 52.7 Å².